The summed E-state index contributed by atoms with van der Waals surface area (Å²) in [5.74, 6) is 1.96. The molecule has 1 N–H and O–H groups in total. The summed E-state index contributed by atoms with van der Waals surface area (Å²) in [7, 11) is 0. The first-order valence-corrected chi connectivity index (χ1v) is 12.1. The number of nitrogens with zero attached hydrogens (tertiary/aromatic N) is 1. The fourth-order valence-corrected chi connectivity index (χ4v) is 5.88. The second-order valence-electron chi connectivity index (χ2n) is 7.41. The van der Waals surface area contributed by atoms with Gasteiger partial charge in [0.1, 0.15) is 0 Å². The summed E-state index contributed by atoms with van der Waals surface area (Å²) in [6.07, 6.45) is 7.17. The third-order valence-electron chi connectivity index (χ3n) is 5.39. The monoisotopic (exact) mass is 414 g/mol. The van der Waals surface area contributed by atoms with Crippen LogP contribution in [0, 0.1) is 0 Å². The van der Waals surface area contributed by atoms with Crippen molar-refractivity contribution >= 4 is 40.6 Å². The zero-order valence-electron chi connectivity index (χ0n) is 16.0. The van der Waals surface area contributed by atoms with E-state index in [1.165, 1.54) is 36.1 Å². The minimum Gasteiger partial charge on any atom is -0.337 e. The molecule has 2 amide bonds. The van der Waals surface area contributed by atoms with Crippen molar-refractivity contribution in [1.29, 1.82) is 0 Å². The van der Waals surface area contributed by atoms with Crippen LogP contribution in [0.3, 0.4) is 0 Å². The number of carbonyl (C=O) groups excluding carboxylic acids is 2. The van der Waals surface area contributed by atoms with Gasteiger partial charge < -0.3 is 10.2 Å². The van der Waals surface area contributed by atoms with Gasteiger partial charge in [0.2, 0.25) is 0 Å². The minimum absolute atomic E-state index is 0.0514. The number of fused-ring (bicyclic) bond motifs is 1. The second-order valence-corrected chi connectivity index (χ2v) is 9.77. The molecule has 2 aromatic rings. The molecule has 0 atom stereocenters. The third kappa shape index (κ3) is 4.61. The molecule has 2 aliphatic rings. The predicted molar refractivity (Wildman–Crippen MR) is 118 cm³/mol. The quantitative estimate of drug-likeness (QED) is 0.781. The van der Waals surface area contributed by atoms with Gasteiger partial charge in [0.15, 0.2) is 0 Å². The van der Waals surface area contributed by atoms with Gasteiger partial charge in [0, 0.05) is 40.7 Å². The van der Waals surface area contributed by atoms with Crippen LogP contribution in [-0.2, 0) is 12.8 Å². The largest absolute Gasteiger partial charge is 0.337 e. The molecule has 0 bridgehead atoms. The SMILES string of the molecule is O=C(Nc1cccc(C(=O)N2CCSCC2)c1)c1cc2c(s1)CCCCCC2. The van der Waals surface area contributed by atoms with E-state index in [2.05, 4.69) is 11.4 Å². The van der Waals surface area contributed by atoms with Crippen LogP contribution in [0.4, 0.5) is 5.69 Å². The van der Waals surface area contributed by atoms with Gasteiger partial charge in [-0.2, -0.15) is 11.8 Å². The summed E-state index contributed by atoms with van der Waals surface area (Å²) in [6.45, 7) is 1.58. The van der Waals surface area contributed by atoms with Crippen LogP contribution in [0.1, 0.15) is 56.2 Å². The fraction of sp³-hybridized carbons (Fsp3) is 0.455. The molecule has 4 rings (SSSR count). The number of nitrogens with one attached hydrogen (secondary N) is 1. The molecule has 6 heteroatoms. The molecule has 28 heavy (non-hydrogen) atoms. The van der Waals surface area contributed by atoms with Gasteiger partial charge in [-0.25, -0.2) is 0 Å². The summed E-state index contributed by atoms with van der Waals surface area (Å²) in [6, 6.07) is 9.39. The maximum absolute atomic E-state index is 12.8. The maximum Gasteiger partial charge on any atom is 0.265 e. The molecule has 148 valence electrons. The Kier molecular flexibility index (Phi) is 6.37. The normalized spacial score (nSPS) is 17.4. The van der Waals surface area contributed by atoms with Gasteiger partial charge in [0.25, 0.3) is 11.8 Å². The van der Waals surface area contributed by atoms with Crippen molar-refractivity contribution in [2.24, 2.45) is 0 Å². The van der Waals surface area contributed by atoms with Crippen molar-refractivity contribution in [2.45, 2.75) is 38.5 Å². The van der Waals surface area contributed by atoms with Crippen molar-refractivity contribution in [3.05, 3.63) is 51.2 Å². The van der Waals surface area contributed by atoms with Gasteiger partial charge in [-0.05, 0) is 55.5 Å². The molecule has 0 radical (unpaired) electrons. The highest BCUT2D eigenvalue weighted by Gasteiger charge is 2.20. The molecule has 2 heterocycles. The Morgan fingerprint density at radius 2 is 1.75 bits per heavy atom. The topological polar surface area (TPSA) is 49.4 Å². The van der Waals surface area contributed by atoms with E-state index in [-0.39, 0.29) is 11.8 Å². The van der Waals surface area contributed by atoms with E-state index in [0.717, 1.165) is 42.3 Å². The summed E-state index contributed by atoms with van der Waals surface area (Å²) in [5, 5.41) is 2.99. The average Bonchev–Trinajstić information content (AvgIpc) is 3.10. The molecule has 0 saturated carbocycles. The number of carbonyl (C=O) groups is 2. The molecule has 4 nitrogen and oxygen atoms in total. The van der Waals surface area contributed by atoms with Gasteiger partial charge in [-0.15, -0.1) is 11.3 Å². The average molecular weight is 415 g/mol. The number of thiophene rings is 1. The Labute approximate surface area is 174 Å². The smallest absolute Gasteiger partial charge is 0.265 e. The summed E-state index contributed by atoms with van der Waals surface area (Å²) in [4.78, 5) is 29.5. The van der Waals surface area contributed by atoms with Gasteiger partial charge in [0.05, 0.1) is 4.88 Å². The Balaban J connectivity index is 1.46. The molecular weight excluding hydrogens is 388 g/mol. The molecule has 1 aromatic heterocycles. The van der Waals surface area contributed by atoms with Crippen LogP contribution in [0.5, 0.6) is 0 Å². The van der Waals surface area contributed by atoms with Crippen molar-refractivity contribution in [3.63, 3.8) is 0 Å². The van der Waals surface area contributed by atoms with E-state index in [4.69, 9.17) is 0 Å². The standard InChI is InChI=1S/C22H26N2O2S2/c25-21(20-15-16-6-3-1-2-4-9-19(16)28-20)23-18-8-5-7-17(14-18)22(26)24-10-12-27-13-11-24/h5,7-8,14-15H,1-4,6,9-13H2,(H,23,25). The summed E-state index contributed by atoms with van der Waals surface area (Å²) >= 11 is 3.51. The Morgan fingerprint density at radius 3 is 2.57 bits per heavy atom. The number of hydrogen-bond donors (Lipinski definition) is 1. The lowest BCUT2D eigenvalue weighted by Gasteiger charge is -2.26. The molecule has 1 aromatic carbocycles. The van der Waals surface area contributed by atoms with Crippen molar-refractivity contribution < 1.29 is 9.59 Å². The number of aryl methyl sites for hydroxylation is 2. The lowest BCUT2D eigenvalue weighted by molar-refractivity contribution is 0.0772. The number of thioether (sulfide) groups is 1. The molecule has 0 unspecified atom stereocenters. The zero-order valence-corrected chi connectivity index (χ0v) is 17.7. The lowest BCUT2D eigenvalue weighted by atomic mass is 10.00. The fourth-order valence-electron chi connectivity index (χ4n) is 3.83. The predicted octanol–water partition coefficient (Wildman–Crippen LogP) is 4.85. The van der Waals surface area contributed by atoms with Crippen LogP contribution in [0.25, 0.3) is 0 Å². The molecule has 0 spiro atoms. The first-order chi connectivity index (χ1) is 13.7. The van der Waals surface area contributed by atoms with Crippen LogP contribution >= 0.6 is 23.1 Å². The number of hydrogen-bond acceptors (Lipinski definition) is 4. The minimum atomic E-state index is -0.0734. The van der Waals surface area contributed by atoms with Crippen LogP contribution in [-0.4, -0.2) is 41.3 Å². The second kappa shape index (κ2) is 9.14. The van der Waals surface area contributed by atoms with Crippen LogP contribution in [0.2, 0.25) is 0 Å². The van der Waals surface area contributed by atoms with Crippen molar-refractivity contribution in [3.8, 4) is 0 Å². The van der Waals surface area contributed by atoms with E-state index >= 15 is 0 Å². The van der Waals surface area contributed by atoms with E-state index in [1.807, 2.05) is 34.9 Å². The van der Waals surface area contributed by atoms with Crippen molar-refractivity contribution in [2.75, 3.05) is 29.9 Å². The van der Waals surface area contributed by atoms with E-state index in [9.17, 15) is 9.59 Å². The Bertz CT molecular complexity index is 830. The number of amides is 2. The molecule has 1 saturated heterocycles. The molecule has 1 aliphatic heterocycles. The van der Waals surface area contributed by atoms with Gasteiger partial charge in [-0.1, -0.05) is 18.9 Å². The summed E-state index contributed by atoms with van der Waals surface area (Å²) in [5.41, 5.74) is 2.67. The molecule has 1 aliphatic carbocycles. The van der Waals surface area contributed by atoms with Crippen LogP contribution in [0.15, 0.2) is 30.3 Å². The highest BCUT2D eigenvalue weighted by Crippen LogP contribution is 2.29. The highest BCUT2D eigenvalue weighted by atomic mass is 32.2. The first-order valence-electron chi connectivity index (χ1n) is 10.1. The highest BCUT2D eigenvalue weighted by molar-refractivity contribution is 7.99. The van der Waals surface area contributed by atoms with Gasteiger partial charge >= 0.3 is 0 Å². The lowest BCUT2D eigenvalue weighted by Crippen LogP contribution is -2.37. The van der Waals surface area contributed by atoms with E-state index in [0.29, 0.717) is 11.3 Å². The third-order valence-corrected chi connectivity index (χ3v) is 7.56. The van der Waals surface area contributed by atoms with Crippen LogP contribution < -0.4 is 5.32 Å². The number of anilines is 1. The van der Waals surface area contributed by atoms with E-state index in [1.54, 1.807) is 17.4 Å². The Hall–Kier alpha value is -1.79. The molecular formula is C22H26N2O2S2. The van der Waals surface area contributed by atoms with Gasteiger partial charge in [-0.3, -0.25) is 9.59 Å². The maximum atomic E-state index is 12.8. The Morgan fingerprint density at radius 1 is 0.964 bits per heavy atom. The summed E-state index contributed by atoms with van der Waals surface area (Å²) < 4.78 is 0. The first kappa shape index (κ1) is 19.5. The van der Waals surface area contributed by atoms with Crippen molar-refractivity contribution in [1.82, 2.24) is 4.90 Å². The zero-order chi connectivity index (χ0) is 19.3. The van der Waals surface area contributed by atoms with E-state index < -0.39 is 0 Å². The number of benzene rings is 1. The number of rotatable bonds is 3. The molecule has 1 fully saturated rings.